The molecule has 40 heavy (non-hydrogen) atoms. The van der Waals surface area contributed by atoms with Gasteiger partial charge in [0.1, 0.15) is 0 Å². The van der Waals surface area contributed by atoms with Gasteiger partial charge in [-0.05, 0) is 12.8 Å². The summed E-state index contributed by atoms with van der Waals surface area (Å²) in [6.45, 7) is 4.53. The summed E-state index contributed by atoms with van der Waals surface area (Å²) in [6, 6.07) is 0. The van der Waals surface area contributed by atoms with E-state index in [1.165, 1.54) is 141 Å². The van der Waals surface area contributed by atoms with E-state index in [1.807, 2.05) is 0 Å². The summed E-state index contributed by atoms with van der Waals surface area (Å²) in [6.07, 6.45) is 36.3. The number of unbranched alkanes of at least 4 members (excludes halogenated alkanes) is 26. The first kappa shape index (κ1) is 38.9. The van der Waals surface area contributed by atoms with E-state index in [9.17, 15) is 19.8 Å². The monoisotopic (exact) mass is 567 g/mol. The number of carbonyl (C=O) groups is 2. The molecule has 0 aromatic carbocycles. The average molecular weight is 567 g/mol. The fourth-order valence-corrected chi connectivity index (χ4v) is 6.20. The van der Waals surface area contributed by atoms with Gasteiger partial charge in [0, 0.05) is 0 Å². The zero-order valence-corrected chi connectivity index (χ0v) is 27.1. The first-order valence-corrected chi connectivity index (χ1v) is 17.9. The van der Waals surface area contributed by atoms with Crippen molar-refractivity contribution in [2.24, 2.45) is 5.41 Å². The Labute approximate surface area is 249 Å². The molecule has 0 aliphatic carbocycles. The van der Waals surface area contributed by atoms with E-state index in [1.54, 1.807) is 0 Å². The van der Waals surface area contributed by atoms with Crippen LogP contribution in [0.15, 0.2) is 0 Å². The van der Waals surface area contributed by atoms with E-state index in [-0.39, 0.29) is 6.42 Å². The number of hydrogen-bond acceptors (Lipinski definition) is 2. The maximum atomic E-state index is 12.2. The van der Waals surface area contributed by atoms with Crippen molar-refractivity contribution in [3.05, 3.63) is 0 Å². The van der Waals surface area contributed by atoms with Gasteiger partial charge in [-0.2, -0.15) is 0 Å². The molecule has 0 aliphatic heterocycles. The molecule has 0 amide bonds. The molecule has 0 saturated carbocycles. The molecule has 0 heterocycles. The Morgan fingerprint density at radius 1 is 0.400 bits per heavy atom. The van der Waals surface area contributed by atoms with Crippen LogP contribution in [-0.4, -0.2) is 22.2 Å². The summed E-state index contributed by atoms with van der Waals surface area (Å²) >= 11 is 0. The van der Waals surface area contributed by atoms with Crippen LogP contribution in [-0.2, 0) is 9.59 Å². The van der Waals surface area contributed by atoms with Gasteiger partial charge in [0.2, 0.25) is 0 Å². The molecule has 238 valence electrons. The van der Waals surface area contributed by atoms with Crippen molar-refractivity contribution in [3.8, 4) is 0 Å². The third-order valence-corrected chi connectivity index (χ3v) is 8.96. The molecule has 2 N–H and O–H groups in total. The summed E-state index contributed by atoms with van der Waals surface area (Å²) in [5.41, 5.74) is -1.08. The lowest BCUT2D eigenvalue weighted by atomic mass is 9.75. The summed E-state index contributed by atoms with van der Waals surface area (Å²) in [7, 11) is 0. The van der Waals surface area contributed by atoms with Crippen LogP contribution in [0.1, 0.15) is 213 Å². The Hall–Kier alpha value is -1.06. The van der Waals surface area contributed by atoms with Crippen molar-refractivity contribution < 1.29 is 19.8 Å². The molecular formula is C36H70O4. The highest BCUT2D eigenvalue weighted by Gasteiger charge is 2.39. The second-order valence-corrected chi connectivity index (χ2v) is 12.8. The molecule has 0 unspecified atom stereocenters. The molecular weight excluding hydrogens is 496 g/mol. The van der Waals surface area contributed by atoms with Crippen LogP contribution in [0.4, 0.5) is 0 Å². The van der Waals surface area contributed by atoms with Crippen LogP contribution in [0.25, 0.3) is 0 Å². The lowest BCUT2D eigenvalue weighted by Gasteiger charge is -2.28. The smallest absolute Gasteiger partial charge is 0.310 e. The summed E-state index contributed by atoms with van der Waals surface area (Å²) in [4.78, 5) is 23.8. The zero-order chi connectivity index (χ0) is 29.6. The molecule has 0 radical (unpaired) electrons. The van der Waals surface area contributed by atoms with Crippen molar-refractivity contribution in [2.45, 2.75) is 213 Å². The number of hydrogen-bond donors (Lipinski definition) is 2. The highest BCUT2D eigenvalue weighted by molar-refractivity contribution is 5.81. The van der Waals surface area contributed by atoms with E-state index in [2.05, 4.69) is 13.8 Å². The quantitative estimate of drug-likeness (QED) is 0.0775. The summed E-state index contributed by atoms with van der Waals surface area (Å²) in [5.74, 6) is -1.88. The third-order valence-electron chi connectivity index (χ3n) is 8.96. The first-order chi connectivity index (χ1) is 19.5. The summed E-state index contributed by atoms with van der Waals surface area (Å²) < 4.78 is 0. The van der Waals surface area contributed by atoms with Crippen molar-refractivity contribution in [1.82, 2.24) is 0 Å². The van der Waals surface area contributed by atoms with Gasteiger partial charge >= 0.3 is 11.9 Å². The van der Waals surface area contributed by atoms with Gasteiger partial charge in [-0.1, -0.05) is 194 Å². The Bertz CT molecular complexity index is 527. The third kappa shape index (κ3) is 24.7. The molecule has 0 atom stereocenters. The van der Waals surface area contributed by atoms with Crippen molar-refractivity contribution >= 4 is 11.9 Å². The Kier molecular flexibility index (Phi) is 28.7. The largest absolute Gasteiger partial charge is 0.481 e. The van der Waals surface area contributed by atoms with Gasteiger partial charge in [-0.15, -0.1) is 0 Å². The molecule has 0 aliphatic rings. The SMILES string of the molecule is CCCCCCCCCCCCCCCCC(CCCCCCCCCCCCCCCC)(CC(=O)O)C(=O)O. The molecule has 4 heteroatoms. The fourth-order valence-electron chi connectivity index (χ4n) is 6.20. The topological polar surface area (TPSA) is 74.6 Å². The molecule has 0 bridgehead atoms. The highest BCUT2D eigenvalue weighted by Crippen LogP contribution is 2.36. The van der Waals surface area contributed by atoms with E-state index >= 15 is 0 Å². The number of rotatable bonds is 33. The predicted molar refractivity (Wildman–Crippen MR) is 172 cm³/mol. The maximum absolute atomic E-state index is 12.2. The average Bonchev–Trinajstić information content (AvgIpc) is 2.92. The molecule has 0 saturated heterocycles. The van der Waals surface area contributed by atoms with Gasteiger partial charge < -0.3 is 10.2 Å². The van der Waals surface area contributed by atoms with Crippen molar-refractivity contribution in [1.29, 1.82) is 0 Å². The minimum absolute atomic E-state index is 0.237. The van der Waals surface area contributed by atoms with Crippen LogP contribution in [0.2, 0.25) is 0 Å². The molecule has 0 rings (SSSR count). The van der Waals surface area contributed by atoms with Crippen LogP contribution in [0, 0.1) is 5.41 Å². The maximum Gasteiger partial charge on any atom is 0.310 e. The van der Waals surface area contributed by atoms with Crippen LogP contribution >= 0.6 is 0 Å². The zero-order valence-electron chi connectivity index (χ0n) is 27.1. The second kappa shape index (κ2) is 29.4. The normalized spacial score (nSPS) is 11.8. The first-order valence-electron chi connectivity index (χ1n) is 17.9. The lowest BCUT2D eigenvalue weighted by Crippen LogP contribution is -2.33. The standard InChI is InChI=1S/C36H70O4/c1-3-5-7-9-11-13-15-17-19-21-23-25-27-29-31-36(35(39)40,33-34(37)38)32-30-28-26-24-22-20-18-16-14-12-10-8-6-4-2/h3-33H2,1-2H3,(H,37,38)(H,39,40). The van der Waals surface area contributed by atoms with E-state index in [0.29, 0.717) is 12.8 Å². The Morgan fingerprint density at radius 2 is 0.625 bits per heavy atom. The minimum Gasteiger partial charge on any atom is -0.481 e. The lowest BCUT2D eigenvalue weighted by molar-refractivity contribution is -0.157. The van der Waals surface area contributed by atoms with Crippen LogP contribution in [0.3, 0.4) is 0 Å². The van der Waals surface area contributed by atoms with Gasteiger partial charge in [-0.3, -0.25) is 9.59 Å². The second-order valence-electron chi connectivity index (χ2n) is 12.8. The predicted octanol–water partition coefficient (Wildman–Crippen LogP) is 12.3. The van der Waals surface area contributed by atoms with Crippen molar-refractivity contribution in [2.75, 3.05) is 0 Å². The Balaban J connectivity index is 3.94. The minimum atomic E-state index is -1.08. The molecule has 0 aromatic heterocycles. The van der Waals surface area contributed by atoms with Gasteiger partial charge in [-0.25, -0.2) is 0 Å². The van der Waals surface area contributed by atoms with Crippen LogP contribution in [0.5, 0.6) is 0 Å². The molecule has 4 nitrogen and oxygen atoms in total. The number of carboxylic acids is 2. The summed E-state index contributed by atoms with van der Waals surface area (Å²) in [5, 5.41) is 19.5. The Morgan fingerprint density at radius 3 is 0.825 bits per heavy atom. The number of aliphatic carboxylic acids is 2. The van der Waals surface area contributed by atoms with E-state index in [4.69, 9.17) is 0 Å². The highest BCUT2D eigenvalue weighted by atomic mass is 16.4. The fraction of sp³-hybridized carbons (Fsp3) is 0.944. The van der Waals surface area contributed by atoms with E-state index < -0.39 is 17.4 Å². The molecule has 0 fully saturated rings. The molecule has 0 aromatic rings. The van der Waals surface area contributed by atoms with Crippen molar-refractivity contribution in [3.63, 3.8) is 0 Å². The molecule has 0 spiro atoms. The van der Waals surface area contributed by atoms with E-state index in [0.717, 1.165) is 38.5 Å². The van der Waals surface area contributed by atoms with Gasteiger partial charge in [0.05, 0.1) is 11.8 Å². The van der Waals surface area contributed by atoms with Crippen LogP contribution < -0.4 is 0 Å². The van der Waals surface area contributed by atoms with Gasteiger partial charge in [0.15, 0.2) is 0 Å². The number of carboxylic acid groups (broad SMARTS) is 2. The van der Waals surface area contributed by atoms with Gasteiger partial charge in [0.25, 0.3) is 0 Å².